The monoisotopic (exact) mass is 431 g/mol. The van der Waals surface area contributed by atoms with Crippen molar-refractivity contribution in [3.05, 3.63) is 53.2 Å². The normalized spacial score (nSPS) is 11.8. The largest absolute Gasteiger partial charge is 0.357 e. The Labute approximate surface area is 178 Å². The number of aryl methyl sites for hydroxylation is 2. The van der Waals surface area contributed by atoms with E-state index >= 15 is 0 Å². The Bertz CT molecular complexity index is 1000. The van der Waals surface area contributed by atoms with E-state index in [0.29, 0.717) is 41.9 Å². The van der Waals surface area contributed by atoms with Crippen LogP contribution in [0.25, 0.3) is 0 Å². The van der Waals surface area contributed by atoms with Gasteiger partial charge in [0.05, 0.1) is 11.4 Å². The van der Waals surface area contributed by atoms with E-state index in [9.17, 15) is 13.2 Å². The zero-order valence-corrected chi connectivity index (χ0v) is 18.6. The Morgan fingerprint density at radius 1 is 1.13 bits per heavy atom. The first-order valence-corrected chi connectivity index (χ1v) is 11.6. The Hall–Kier alpha value is -2.94. The average Bonchev–Trinajstić information content (AvgIpc) is 2.67. The van der Waals surface area contributed by atoms with E-state index in [1.807, 2.05) is 26.0 Å². The molecule has 2 rings (SSSR count). The minimum atomic E-state index is -3.24. The predicted octanol–water partition coefficient (Wildman–Crippen LogP) is 2.19. The van der Waals surface area contributed by atoms with Gasteiger partial charge in [0.25, 0.3) is 0 Å². The molecule has 0 bridgehead atoms. The molecule has 1 aromatic heterocycles. The van der Waals surface area contributed by atoms with E-state index in [4.69, 9.17) is 0 Å². The van der Waals surface area contributed by atoms with Crippen molar-refractivity contribution in [2.75, 3.05) is 24.7 Å². The number of sulfone groups is 1. The van der Waals surface area contributed by atoms with Crippen LogP contribution in [0.5, 0.6) is 0 Å². The van der Waals surface area contributed by atoms with Crippen LogP contribution in [0.3, 0.4) is 0 Å². The molecular formula is C21H29N5O3S. The van der Waals surface area contributed by atoms with Crippen molar-refractivity contribution in [1.29, 1.82) is 0 Å². The molecular weight excluding hydrogens is 402 g/mol. The van der Waals surface area contributed by atoms with Crippen molar-refractivity contribution >= 4 is 27.5 Å². The molecule has 162 valence electrons. The van der Waals surface area contributed by atoms with E-state index < -0.39 is 9.84 Å². The summed E-state index contributed by atoms with van der Waals surface area (Å²) in [6.07, 6.45) is 3.17. The Balaban J connectivity index is 1.90. The Kier molecular flexibility index (Phi) is 8.35. The number of nitrogens with zero attached hydrogens (tertiary/aromatic N) is 2. The van der Waals surface area contributed by atoms with Gasteiger partial charge >= 0.3 is 0 Å². The molecule has 30 heavy (non-hydrogen) atoms. The number of carbonyl (C=O) groups is 1. The van der Waals surface area contributed by atoms with E-state index in [0.717, 1.165) is 11.1 Å². The van der Waals surface area contributed by atoms with Crippen molar-refractivity contribution in [3.8, 4) is 0 Å². The first-order valence-electron chi connectivity index (χ1n) is 9.73. The van der Waals surface area contributed by atoms with Gasteiger partial charge in [-0.05, 0) is 49.6 Å². The van der Waals surface area contributed by atoms with Crippen LogP contribution < -0.4 is 16.0 Å². The van der Waals surface area contributed by atoms with Crippen molar-refractivity contribution in [3.63, 3.8) is 0 Å². The summed E-state index contributed by atoms with van der Waals surface area (Å²) in [5.74, 6) is 0.976. The van der Waals surface area contributed by atoms with Gasteiger partial charge in [0.1, 0.15) is 5.82 Å². The molecule has 0 aliphatic heterocycles. The molecule has 0 atom stereocenters. The van der Waals surface area contributed by atoms with Crippen LogP contribution in [0.4, 0.5) is 5.82 Å². The summed E-state index contributed by atoms with van der Waals surface area (Å²) in [7, 11) is -3.24. The molecule has 3 N–H and O–H groups in total. The zero-order chi connectivity index (χ0) is 22.1. The maximum absolute atomic E-state index is 12.1. The molecule has 0 radical (unpaired) electrons. The van der Waals surface area contributed by atoms with Gasteiger partial charge in [0, 0.05) is 32.0 Å². The van der Waals surface area contributed by atoms with Crippen molar-refractivity contribution < 1.29 is 13.2 Å². The van der Waals surface area contributed by atoms with Crippen LogP contribution in [0.15, 0.2) is 46.4 Å². The van der Waals surface area contributed by atoms with Gasteiger partial charge in [0.15, 0.2) is 15.8 Å². The van der Waals surface area contributed by atoms with Gasteiger partial charge in [-0.15, -0.1) is 0 Å². The quantitative estimate of drug-likeness (QED) is 0.436. The molecule has 1 aromatic carbocycles. The number of carbonyl (C=O) groups excluding carboxylic acids is 1. The molecule has 0 aliphatic rings. The second kappa shape index (κ2) is 10.7. The first-order chi connectivity index (χ1) is 14.2. The molecule has 0 saturated carbocycles. The smallest absolute Gasteiger partial charge is 0.227 e. The molecule has 0 aliphatic carbocycles. The zero-order valence-electron chi connectivity index (χ0n) is 17.8. The fraction of sp³-hybridized carbons (Fsp3) is 0.381. The molecule has 0 unspecified atom stereocenters. The minimum Gasteiger partial charge on any atom is -0.357 e. The van der Waals surface area contributed by atoms with Crippen molar-refractivity contribution in [1.82, 2.24) is 15.6 Å². The Morgan fingerprint density at radius 3 is 2.50 bits per heavy atom. The maximum Gasteiger partial charge on any atom is 0.227 e. The number of aromatic nitrogens is 1. The highest BCUT2D eigenvalue weighted by Crippen LogP contribution is 2.17. The van der Waals surface area contributed by atoms with Crippen LogP contribution in [0.2, 0.25) is 0 Å². The van der Waals surface area contributed by atoms with Gasteiger partial charge in [-0.3, -0.25) is 4.79 Å². The lowest BCUT2D eigenvalue weighted by Crippen LogP contribution is -2.38. The number of aliphatic imine (C=N–C) groups is 1. The number of amides is 1. The van der Waals surface area contributed by atoms with Crippen LogP contribution in [0, 0.1) is 13.8 Å². The van der Waals surface area contributed by atoms with E-state index in [2.05, 4.69) is 25.9 Å². The lowest BCUT2D eigenvalue weighted by atomic mass is 10.1. The molecule has 9 heteroatoms. The third-order valence-corrected chi connectivity index (χ3v) is 5.48. The molecule has 0 fully saturated rings. The standard InChI is InChI=1S/C21H29N5O3S/c1-5-22-21(23-11-10-20(27)26-19-9-6-15(2)13-24-19)25-14-17-7-8-18(16(3)12-17)30(4,28)29/h6-9,12-13H,5,10-11,14H2,1-4H3,(H2,22,23,25)(H,24,26,27). The van der Waals surface area contributed by atoms with Crippen LogP contribution in [-0.2, 0) is 21.2 Å². The van der Waals surface area contributed by atoms with Gasteiger partial charge in [-0.1, -0.05) is 18.2 Å². The number of guanidine groups is 1. The summed E-state index contributed by atoms with van der Waals surface area (Å²) in [5, 5.41) is 9.02. The molecule has 0 saturated heterocycles. The summed E-state index contributed by atoms with van der Waals surface area (Å²) < 4.78 is 23.5. The third kappa shape index (κ3) is 7.47. The van der Waals surface area contributed by atoms with Crippen LogP contribution in [0.1, 0.15) is 30.0 Å². The number of hydrogen-bond donors (Lipinski definition) is 3. The number of rotatable bonds is 8. The SMILES string of the molecule is CCNC(=NCc1ccc(S(C)(=O)=O)c(C)c1)NCCC(=O)Nc1ccc(C)cn1. The fourth-order valence-corrected chi connectivity index (χ4v) is 3.74. The molecule has 0 spiro atoms. The average molecular weight is 432 g/mol. The summed E-state index contributed by atoms with van der Waals surface area (Å²) in [6, 6.07) is 8.85. The number of pyridine rings is 1. The lowest BCUT2D eigenvalue weighted by molar-refractivity contribution is -0.116. The van der Waals surface area contributed by atoms with Crippen molar-refractivity contribution in [2.45, 2.75) is 38.6 Å². The lowest BCUT2D eigenvalue weighted by Gasteiger charge is -2.12. The van der Waals surface area contributed by atoms with Gasteiger partial charge < -0.3 is 16.0 Å². The highest BCUT2D eigenvalue weighted by Gasteiger charge is 2.11. The molecule has 8 nitrogen and oxygen atoms in total. The number of benzene rings is 1. The van der Waals surface area contributed by atoms with E-state index in [-0.39, 0.29) is 12.3 Å². The Morgan fingerprint density at radius 2 is 1.90 bits per heavy atom. The number of hydrogen-bond acceptors (Lipinski definition) is 5. The summed E-state index contributed by atoms with van der Waals surface area (Å²) in [4.78, 5) is 21.1. The molecule has 2 aromatic rings. The minimum absolute atomic E-state index is 0.137. The summed E-state index contributed by atoms with van der Waals surface area (Å²) in [5.41, 5.74) is 2.63. The molecule has 1 amide bonds. The highest BCUT2D eigenvalue weighted by molar-refractivity contribution is 7.90. The van der Waals surface area contributed by atoms with E-state index in [1.165, 1.54) is 6.26 Å². The summed E-state index contributed by atoms with van der Waals surface area (Å²) in [6.45, 7) is 7.14. The highest BCUT2D eigenvalue weighted by atomic mass is 32.2. The second-order valence-electron chi connectivity index (χ2n) is 7.01. The van der Waals surface area contributed by atoms with Crippen LogP contribution in [-0.4, -0.2) is 44.6 Å². The number of anilines is 1. The van der Waals surface area contributed by atoms with E-state index in [1.54, 1.807) is 31.3 Å². The van der Waals surface area contributed by atoms with Crippen molar-refractivity contribution in [2.24, 2.45) is 4.99 Å². The summed E-state index contributed by atoms with van der Waals surface area (Å²) >= 11 is 0. The third-order valence-electron chi connectivity index (χ3n) is 4.23. The first kappa shape index (κ1) is 23.3. The predicted molar refractivity (Wildman–Crippen MR) is 119 cm³/mol. The fourth-order valence-electron chi connectivity index (χ4n) is 2.78. The maximum atomic E-state index is 12.1. The number of nitrogens with one attached hydrogen (secondary N) is 3. The molecule has 1 heterocycles. The van der Waals surface area contributed by atoms with Gasteiger partial charge in [0.2, 0.25) is 5.91 Å². The van der Waals surface area contributed by atoms with Gasteiger partial charge in [-0.2, -0.15) is 0 Å². The van der Waals surface area contributed by atoms with Gasteiger partial charge in [-0.25, -0.2) is 18.4 Å². The van der Waals surface area contributed by atoms with Crippen LogP contribution >= 0.6 is 0 Å². The second-order valence-corrected chi connectivity index (χ2v) is 9.00. The topological polar surface area (TPSA) is 113 Å².